The minimum atomic E-state index is -4.19. The smallest absolute Gasteiger partial charge is 0.748 e. The maximum absolute atomic E-state index is 10.4. The number of rotatable bonds is 8. The van der Waals surface area contributed by atoms with E-state index in [2.05, 4.69) is 0 Å². The van der Waals surface area contributed by atoms with E-state index in [1.165, 1.54) is 0 Å². The van der Waals surface area contributed by atoms with Gasteiger partial charge >= 0.3 is 29.6 Å². The molecule has 1 aromatic heterocycles. The van der Waals surface area contributed by atoms with Gasteiger partial charge in [0.25, 0.3) is 0 Å². The second kappa shape index (κ2) is 8.47. The van der Waals surface area contributed by atoms with Gasteiger partial charge in [0.2, 0.25) is 6.33 Å². The fraction of sp³-hybridized carbons (Fsp3) is 0.667. The molecule has 0 radical (unpaired) electrons. The molecule has 1 heterocycles. The first-order chi connectivity index (χ1) is 8.66. The van der Waals surface area contributed by atoms with Crippen LogP contribution in [0.4, 0.5) is 0 Å². The molecule has 11 heteroatoms. The Hall–Kier alpha value is 0.0300. The maximum atomic E-state index is 10.4. The fourth-order valence-corrected chi connectivity index (χ4v) is 2.52. The van der Waals surface area contributed by atoms with Crippen LogP contribution in [-0.2, 0) is 33.3 Å². The predicted molar refractivity (Wildman–Crippen MR) is 63.0 cm³/mol. The minimum Gasteiger partial charge on any atom is -0.748 e. The molecule has 0 saturated heterocycles. The van der Waals surface area contributed by atoms with E-state index in [0.717, 1.165) is 0 Å². The topological polar surface area (TPSA) is 123 Å². The van der Waals surface area contributed by atoms with Crippen LogP contribution >= 0.6 is 0 Å². The molecule has 0 atom stereocenters. The third-order valence-corrected chi connectivity index (χ3v) is 3.94. The summed E-state index contributed by atoms with van der Waals surface area (Å²) in [5, 5.41) is 0. The van der Waals surface area contributed by atoms with Gasteiger partial charge in [-0.1, -0.05) is 0 Å². The van der Waals surface area contributed by atoms with Crippen LogP contribution in [0, 0.1) is 0 Å². The molecule has 0 aliphatic carbocycles. The maximum Gasteiger partial charge on any atom is 1.00 e. The third-order valence-electron chi connectivity index (χ3n) is 2.37. The van der Waals surface area contributed by atoms with E-state index < -0.39 is 31.7 Å². The zero-order valence-corrected chi connectivity index (χ0v) is 14.8. The molecular formula is C9H15N2NaO6S2. The Balaban J connectivity index is 0.00000361. The van der Waals surface area contributed by atoms with Crippen molar-refractivity contribution in [2.24, 2.45) is 0 Å². The SMILES string of the molecule is O=S(=O)([O-])CCCn1cc[n+](CCCS(=O)(=O)[O-])c1.[Na+]. The molecule has 0 fully saturated rings. The monoisotopic (exact) mass is 334 g/mol. The molecule has 0 aromatic carbocycles. The number of hydrogen-bond acceptors (Lipinski definition) is 6. The van der Waals surface area contributed by atoms with Gasteiger partial charge in [-0.05, 0) is 12.8 Å². The number of aromatic nitrogens is 2. The van der Waals surface area contributed by atoms with Crippen molar-refractivity contribution in [1.29, 1.82) is 0 Å². The van der Waals surface area contributed by atoms with Crippen LogP contribution < -0.4 is 34.1 Å². The van der Waals surface area contributed by atoms with Gasteiger partial charge in [0.05, 0.1) is 33.3 Å². The van der Waals surface area contributed by atoms with Crippen LogP contribution in [0.1, 0.15) is 12.8 Å². The van der Waals surface area contributed by atoms with E-state index in [1.807, 2.05) is 0 Å². The van der Waals surface area contributed by atoms with Gasteiger partial charge in [0.15, 0.2) is 0 Å². The standard InChI is InChI=1S/C9H16N2O6S2.Na/c12-18(13,14)7-1-3-10-5-6-11(9-10)4-2-8-19(15,16)17;/h5-6,9H,1-4,7-8H2,(H-,12,13,14,15,16,17);/q;+1/p-1. The molecule has 0 saturated carbocycles. The number of aryl methyl sites for hydroxylation is 2. The first kappa shape index (κ1) is 20.0. The van der Waals surface area contributed by atoms with E-state index in [-0.39, 0.29) is 42.4 Å². The molecule has 0 spiro atoms. The van der Waals surface area contributed by atoms with Crippen molar-refractivity contribution in [3.63, 3.8) is 0 Å². The van der Waals surface area contributed by atoms with Crippen molar-refractivity contribution < 1.29 is 60.1 Å². The molecular weight excluding hydrogens is 319 g/mol. The number of nitrogens with zero attached hydrogens (tertiary/aromatic N) is 2. The van der Waals surface area contributed by atoms with E-state index >= 15 is 0 Å². The van der Waals surface area contributed by atoms with Crippen molar-refractivity contribution in [1.82, 2.24) is 4.57 Å². The molecule has 0 aliphatic heterocycles. The van der Waals surface area contributed by atoms with Gasteiger partial charge < -0.3 is 9.11 Å². The van der Waals surface area contributed by atoms with Crippen LogP contribution in [0.5, 0.6) is 0 Å². The van der Waals surface area contributed by atoms with Crippen LogP contribution in [0.2, 0.25) is 0 Å². The van der Waals surface area contributed by atoms with Crippen LogP contribution in [0.3, 0.4) is 0 Å². The second-order valence-corrected chi connectivity index (χ2v) is 7.17. The molecule has 1 aromatic rings. The van der Waals surface area contributed by atoms with Crippen molar-refractivity contribution in [3.8, 4) is 0 Å². The van der Waals surface area contributed by atoms with E-state index in [9.17, 15) is 25.9 Å². The summed E-state index contributed by atoms with van der Waals surface area (Å²) < 4.78 is 65.8. The first-order valence-electron chi connectivity index (χ1n) is 5.58. The number of imidazole rings is 1. The van der Waals surface area contributed by atoms with Crippen molar-refractivity contribution >= 4 is 20.2 Å². The Morgan fingerprint density at radius 3 is 2.10 bits per heavy atom. The van der Waals surface area contributed by atoms with Crippen LogP contribution in [0.15, 0.2) is 18.7 Å². The largest absolute Gasteiger partial charge is 1.00 e. The summed E-state index contributed by atoms with van der Waals surface area (Å²) in [5.74, 6) is -0.834. The Morgan fingerprint density at radius 1 is 1.00 bits per heavy atom. The second-order valence-electron chi connectivity index (χ2n) is 4.12. The van der Waals surface area contributed by atoms with Crippen LogP contribution in [0.25, 0.3) is 0 Å². The Kier molecular flexibility index (Phi) is 8.48. The van der Waals surface area contributed by atoms with E-state index in [1.54, 1.807) is 27.9 Å². The van der Waals surface area contributed by atoms with Gasteiger partial charge in [-0.3, -0.25) is 0 Å². The number of hydrogen-bond donors (Lipinski definition) is 0. The summed E-state index contributed by atoms with van der Waals surface area (Å²) in [6.45, 7) is 0.767. The normalized spacial score (nSPS) is 12.1. The molecule has 0 unspecified atom stereocenters. The molecule has 0 bridgehead atoms. The molecule has 0 amide bonds. The molecule has 20 heavy (non-hydrogen) atoms. The average molecular weight is 334 g/mol. The van der Waals surface area contributed by atoms with E-state index in [4.69, 9.17) is 0 Å². The Labute approximate surface area is 140 Å². The Bertz CT molecular complexity index is 558. The summed E-state index contributed by atoms with van der Waals surface area (Å²) in [4.78, 5) is 0. The molecule has 1 rings (SSSR count). The molecule has 110 valence electrons. The fourth-order valence-electron chi connectivity index (χ4n) is 1.55. The summed E-state index contributed by atoms with van der Waals surface area (Å²) in [5.41, 5.74) is 0. The van der Waals surface area contributed by atoms with Gasteiger partial charge in [0.1, 0.15) is 12.4 Å². The predicted octanol–water partition coefficient (Wildman–Crippen LogP) is -4.35. The van der Waals surface area contributed by atoms with Crippen molar-refractivity contribution in [2.45, 2.75) is 25.9 Å². The first-order valence-corrected chi connectivity index (χ1v) is 8.73. The van der Waals surface area contributed by atoms with E-state index in [0.29, 0.717) is 13.1 Å². The summed E-state index contributed by atoms with van der Waals surface area (Å²) in [6.07, 6.45) is 5.46. The summed E-state index contributed by atoms with van der Waals surface area (Å²) in [7, 11) is -8.38. The van der Waals surface area contributed by atoms with Crippen molar-refractivity contribution in [2.75, 3.05) is 11.5 Å². The van der Waals surface area contributed by atoms with Gasteiger partial charge in [-0.2, -0.15) is 0 Å². The zero-order chi connectivity index (χ0) is 14.5. The molecule has 8 nitrogen and oxygen atoms in total. The van der Waals surface area contributed by atoms with Crippen molar-refractivity contribution in [3.05, 3.63) is 18.7 Å². The molecule has 0 N–H and O–H groups in total. The molecule has 0 aliphatic rings. The third kappa shape index (κ3) is 9.86. The van der Waals surface area contributed by atoms with Gasteiger partial charge in [-0.15, -0.1) is 0 Å². The average Bonchev–Trinajstić information content (AvgIpc) is 2.62. The summed E-state index contributed by atoms with van der Waals surface area (Å²) >= 11 is 0. The van der Waals surface area contributed by atoms with Crippen LogP contribution in [-0.4, -0.2) is 42.0 Å². The Morgan fingerprint density at radius 2 is 1.55 bits per heavy atom. The minimum absolute atomic E-state index is 0. The van der Waals surface area contributed by atoms with Gasteiger partial charge in [-0.25, -0.2) is 26.0 Å². The quantitative estimate of drug-likeness (QED) is 0.269. The zero-order valence-electron chi connectivity index (χ0n) is 11.1. The van der Waals surface area contributed by atoms with Gasteiger partial charge in [0, 0.05) is 11.5 Å². The summed E-state index contributed by atoms with van der Waals surface area (Å²) in [6, 6.07) is 0.